The van der Waals surface area contributed by atoms with Gasteiger partial charge in [0.25, 0.3) is 0 Å². The predicted molar refractivity (Wildman–Crippen MR) is 150 cm³/mol. The third-order valence-corrected chi connectivity index (χ3v) is 7.74. The maximum atomic E-state index is 15.2. The molecule has 0 saturated carbocycles. The standard InChI is InChI=1S/C30H37F2N5O2/c1-19(2)37-12-13-39-30-26(37)16-21(17-27(30)38-5)29-24(32)18-33-28(34-29)15-20-6-7-25(23(31)14-20)36-10-8-22(9-11-36)35(3)4/h6-7,14,16-19,22H,8-13,15H2,1-5H3. The Morgan fingerprint density at radius 3 is 2.49 bits per heavy atom. The number of piperidine rings is 1. The van der Waals surface area contributed by atoms with E-state index in [1.54, 1.807) is 19.2 Å². The molecule has 9 heteroatoms. The van der Waals surface area contributed by atoms with Crippen LogP contribution >= 0.6 is 0 Å². The molecule has 3 heterocycles. The first-order chi connectivity index (χ1) is 18.7. The molecule has 1 fully saturated rings. The molecule has 0 atom stereocenters. The van der Waals surface area contributed by atoms with Gasteiger partial charge in [0.05, 0.1) is 31.2 Å². The van der Waals surface area contributed by atoms with E-state index in [4.69, 9.17) is 9.47 Å². The number of methoxy groups -OCH3 is 1. The lowest BCUT2D eigenvalue weighted by molar-refractivity contribution is 0.249. The van der Waals surface area contributed by atoms with E-state index >= 15 is 8.78 Å². The zero-order valence-corrected chi connectivity index (χ0v) is 23.4. The highest BCUT2D eigenvalue weighted by Gasteiger charge is 2.26. The Hall–Kier alpha value is -3.46. The third-order valence-electron chi connectivity index (χ3n) is 7.74. The van der Waals surface area contributed by atoms with Crippen molar-refractivity contribution in [1.82, 2.24) is 14.9 Å². The van der Waals surface area contributed by atoms with Gasteiger partial charge >= 0.3 is 0 Å². The average molecular weight is 538 g/mol. The van der Waals surface area contributed by atoms with Crippen LogP contribution in [-0.4, -0.2) is 74.4 Å². The van der Waals surface area contributed by atoms with Gasteiger partial charge in [-0.05, 0) is 70.6 Å². The van der Waals surface area contributed by atoms with Gasteiger partial charge < -0.3 is 24.2 Å². The summed E-state index contributed by atoms with van der Waals surface area (Å²) in [5.74, 6) is 0.804. The lowest BCUT2D eigenvalue weighted by Crippen LogP contribution is -2.42. The van der Waals surface area contributed by atoms with Crippen molar-refractivity contribution in [3.63, 3.8) is 0 Å². The normalized spacial score (nSPS) is 16.0. The smallest absolute Gasteiger partial charge is 0.184 e. The molecule has 0 bridgehead atoms. The SMILES string of the molecule is COc1cc(-c2nc(Cc3ccc(N4CCC(N(C)C)CC4)c(F)c3)ncc2F)cc2c1OCCN2C(C)C. The molecule has 3 aromatic rings. The molecule has 0 amide bonds. The largest absolute Gasteiger partial charge is 0.493 e. The summed E-state index contributed by atoms with van der Waals surface area (Å²) < 4.78 is 41.7. The number of benzene rings is 2. The molecule has 7 nitrogen and oxygen atoms in total. The summed E-state index contributed by atoms with van der Waals surface area (Å²) in [4.78, 5) is 15.3. The van der Waals surface area contributed by atoms with Crippen molar-refractivity contribution in [2.75, 3.05) is 57.2 Å². The molecule has 0 N–H and O–H groups in total. The van der Waals surface area contributed by atoms with Crippen LogP contribution < -0.4 is 19.3 Å². The third kappa shape index (κ3) is 5.64. The van der Waals surface area contributed by atoms with E-state index in [1.165, 1.54) is 6.20 Å². The van der Waals surface area contributed by atoms with Gasteiger partial charge in [-0.2, -0.15) is 0 Å². The number of halogens is 2. The Labute approximate surface area is 229 Å². The van der Waals surface area contributed by atoms with Crippen molar-refractivity contribution in [3.05, 3.63) is 59.6 Å². The Bertz CT molecular complexity index is 1320. The van der Waals surface area contributed by atoms with Gasteiger partial charge in [-0.1, -0.05) is 6.07 Å². The summed E-state index contributed by atoms with van der Waals surface area (Å²) in [6, 6.07) is 9.67. The van der Waals surface area contributed by atoms with Crippen LogP contribution in [0, 0.1) is 11.6 Å². The fraction of sp³-hybridized carbons (Fsp3) is 0.467. The number of anilines is 2. The molecule has 2 aliphatic heterocycles. The van der Waals surface area contributed by atoms with Crippen molar-refractivity contribution in [3.8, 4) is 22.8 Å². The minimum absolute atomic E-state index is 0.177. The molecule has 0 radical (unpaired) electrons. The summed E-state index contributed by atoms with van der Waals surface area (Å²) in [6.45, 7) is 7.14. The van der Waals surface area contributed by atoms with E-state index in [9.17, 15) is 0 Å². The zero-order valence-electron chi connectivity index (χ0n) is 23.4. The van der Waals surface area contributed by atoms with Crippen LogP contribution in [0.25, 0.3) is 11.3 Å². The Balaban J connectivity index is 1.39. The lowest BCUT2D eigenvalue weighted by atomic mass is 10.0. The maximum Gasteiger partial charge on any atom is 0.184 e. The maximum absolute atomic E-state index is 15.2. The van der Waals surface area contributed by atoms with Gasteiger partial charge in [0.15, 0.2) is 17.3 Å². The molecular formula is C30H37F2N5O2. The first-order valence-corrected chi connectivity index (χ1v) is 13.6. The Morgan fingerprint density at radius 2 is 1.82 bits per heavy atom. The zero-order chi connectivity index (χ0) is 27.7. The highest BCUT2D eigenvalue weighted by Crippen LogP contribution is 2.44. The van der Waals surface area contributed by atoms with Gasteiger partial charge in [-0.3, -0.25) is 0 Å². The second-order valence-electron chi connectivity index (χ2n) is 10.8. The summed E-state index contributed by atoms with van der Waals surface area (Å²) >= 11 is 0. The van der Waals surface area contributed by atoms with Gasteiger partial charge in [0, 0.05) is 37.2 Å². The van der Waals surface area contributed by atoms with Crippen molar-refractivity contribution >= 4 is 11.4 Å². The fourth-order valence-corrected chi connectivity index (χ4v) is 5.55. The predicted octanol–water partition coefficient (Wildman–Crippen LogP) is 5.16. The van der Waals surface area contributed by atoms with Crippen molar-refractivity contribution in [1.29, 1.82) is 0 Å². The molecule has 0 spiro atoms. The van der Waals surface area contributed by atoms with Crippen LogP contribution in [0.2, 0.25) is 0 Å². The Kier molecular flexibility index (Phi) is 7.88. The second-order valence-corrected chi connectivity index (χ2v) is 10.8. The quantitative estimate of drug-likeness (QED) is 0.413. The monoisotopic (exact) mass is 537 g/mol. The van der Waals surface area contributed by atoms with E-state index in [-0.39, 0.29) is 24.0 Å². The van der Waals surface area contributed by atoms with Gasteiger partial charge in [0.2, 0.25) is 0 Å². The second kappa shape index (κ2) is 11.3. The number of nitrogens with zero attached hydrogens (tertiary/aromatic N) is 5. The van der Waals surface area contributed by atoms with Crippen LogP contribution in [0.1, 0.15) is 38.1 Å². The molecule has 2 aliphatic rings. The summed E-state index contributed by atoms with van der Waals surface area (Å²) in [5, 5.41) is 0. The molecule has 0 unspecified atom stereocenters. The molecule has 0 aliphatic carbocycles. The van der Waals surface area contributed by atoms with Crippen molar-refractivity contribution < 1.29 is 18.3 Å². The number of ether oxygens (including phenoxy) is 2. The van der Waals surface area contributed by atoms with Crippen molar-refractivity contribution in [2.24, 2.45) is 0 Å². The van der Waals surface area contributed by atoms with Crippen molar-refractivity contribution in [2.45, 2.75) is 45.2 Å². The topological polar surface area (TPSA) is 54.0 Å². The van der Waals surface area contributed by atoms with Gasteiger partial charge in [0.1, 0.15) is 23.9 Å². The molecule has 208 valence electrons. The fourth-order valence-electron chi connectivity index (χ4n) is 5.55. The van der Waals surface area contributed by atoms with Crippen LogP contribution in [0.15, 0.2) is 36.5 Å². The average Bonchev–Trinajstić information content (AvgIpc) is 2.93. The first kappa shape index (κ1) is 27.1. The lowest BCUT2D eigenvalue weighted by Gasteiger charge is -2.36. The van der Waals surface area contributed by atoms with Crippen LogP contribution in [0.5, 0.6) is 11.5 Å². The van der Waals surface area contributed by atoms with Crippen LogP contribution in [-0.2, 0) is 6.42 Å². The molecule has 2 aromatic carbocycles. The van der Waals surface area contributed by atoms with E-state index in [1.807, 2.05) is 18.2 Å². The van der Waals surface area contributed by atoms with Crippen LogP contribution in [0.4, 0.5) is 20.2 Å². The number of aromatic nitrogens is 2. The Morgan fingerprint density at radius 1 is 1.05 bits per heavy atom. The van der Waals surface area contributed by atoms with E-state index < -0.39 is 5.82 Å². The summed E-state index contributed by atoms with van der Waals surface area (Å²) in [7, 11) is 5.76. The van der Waals surface area contributed by atoms with E-state index in [0.29, 0.717) is 41.2 Å². The van der Waals surface area contributed by atoms with Gasteiger partial charge in [-0.15, -0.1) is 0 Å². The first-order valence-electron chi connectivity index (χ1n) is 13.6. The molecular weight excluding hydrogens is 500 g/mol. The van der Waals surface area contributed by atoms with Gasteiger partial charge in [-0.25, -0.2) is 18.7 Å². The number of rotatable bonds is 7. The minimum Gasteiger partial charge on any atom is -0.493 e. The summed E-state index contributed by atoms with van der Waals surface area (Å²) in [6.07, 6.45) is 3.49. The molecule has 1 saturated heterocycles. The van der Waals surface area contributed by atoms with Crippen LogP contribution in [0.3, 0.4) is 0 Å². The number of fused-ring (bicyclic) bond motifs is 1. The number of hydrogen-bond acceptors (Lipinski definition) is 7. The summed E-state index contributed by atoms with van der Waals surface area (Å²) in [5.41, 5.74) is 2.95. The molecule has 1 aromatic heterocycles. The molecule has 39 heavy (non-hydrogen) atoms. The highest BCUT2D eigenvalue weighted by atomic mass is 19.1. The molecule has 5 rings (SSSR count). The van der Waals surface area contributed by atoms with E-state index in [0.717, 1.165) is 43.7 Å². The highest BCUT2D eigenvalue weighted by molar-refractivity contribution is 5.76. The van der Waals surface area contributed by atoms with E-state index in [2.05, 4.69) is 52.6 Å². The number of hydrogen-bond donors (Lipinski definition) is 0. The minimum atomic E-state index is -0.531.